The first-order chi connectivity index (χ1) is 13.4. The van der Waals surface area contributed by atoms with Gasteiger partial charge in [-0.1, -0.05) is 20.8 Å². The van der Waals surface area contributed by atoms with E-state index in [0.717, 1.165) is 44.2 Å². The summed E-state index contributed by atoms with van der Waals surface area (Å²) in [6.07, 6.45) is 1.35. The van der Waals surface area contributed by atoms with E-state index in [1.807, 2.05) is 19.1 Å². The van der Waals surface area contributed by atoms with Crippen molar-refractivity contribution in [3.05, 3.63) is 29.7 Å². The molecule has 1 aromatic carbocycles. The van der Waals surface area contributed by atoms with E-state index in [0.29, 0.717) is 12.3 Å². The first-order valence-corrected chi connectivity index (χ1v) is 9.59. The average Bonchev–Trinajstić information content (AvgIpc) is 3.21. The molecule has 4 aromatic rings. The van der Waals surface area contributed by atoms with Crippen molar-refractivity contribution >= 4 is 39.0 Å². The number of nitrogens with zero attached hydrogens (tertiary/aromatic N) is 2. The van der Waals surface area contributed by atoms with Gasteiger partial charge in [0, 0.05) is 27.8 Å². The van der Waals surface area contributed by atoms with Gasteiger partial charge in [0.1, 0.15) is 5.82 Å². The smallest absolute Gasteiger partial charge is 0.431 e. The second-order valence-electron chi connectivity index (χ2n) is 7.49. The van der Waals surface area contributed by atoms with E-state index in [1.165, 1.54) is 0 Å². The van der Waals surface area contributed by atoms with Crippen molar-refractivity contribution < 1.29 is 14.3 Å². The van der Waals surface area contributed by atoms with Crippen LogP contribution >= 0.6 is 0 Å². The van der Waals surface area contributed by atoms with E-state index in [4.69, 9.17) is 14.5 Å². The molecule has 0 amide bonds. The summed E-state index contributed by atoms with van der Waals surface area (Å²) < 4.78 is 10.5. The summed E-state index contributed by atoms with van der Waals surface area (Å²) in [7, 11) is 0. The predicted octanol–water partition coefficient (Wildman–Crippen LogP) is 5.20. The minimum atomic E-state index is -0.745. The molecular weight excluding hydrogens is 356 g/mol. The molecule has 7 nitrogen and oxygen atoms in total. The number of ether oxygens (including phenoxy) is 2. The van der Waals surface area contributed by atoms with Gasteiger partial charge in [0.15, 0.2) is 0 Å². The fraction of sp³-hybridized carbons (Fsp3) is 0.381. The number of H-pyrrole nitrogens is 2. The normalized spacial score (nSPS) is 12.0. The van der Waals surface area contributed by atoms with Gasteiger partial charge in [-0.2, -0.15) is 0 Å². The Kier molecular flexibility index (Phi) is 4.45. The molecule has 0 aliphatic carbocycles. The first-order valence-electron chi connectivity index (χ1n) is 9.59. The molecule has 0 radical (unpaired) electrons. The Morgan fingerprint density at radius 2 is 1.89 bits per heavy atom. The number of aryl methyl sites for hydroxylation is 1. The van der Waals surface area contributed by atoms with Crippen LogP contribution in [-0.4, -0.2) is 32.2 Å². The number of hydrogen-bond donors (Lipinski definition) is 2. The van der Waals surface area contributed by atoms with Gasteiger partial charge in [0.2, 0.25) is 5.88 Å². The highest BCUT2D eigenvalue weighted by molar-refractivity contribution is 6.19. The molecule has 4 rings (SSSR count). The number of aromatic nitrogens is 4. The molecular formula is C21H24N4O3. The SMILES string of the molecule is CCc1c(OC(=O)OC(C)C)ncc2[nH]c3ccc4nc(C(C)C)[nH]c4c3c12. The van der Waals surface area contributed by atoms with Crippen molar-refractivity contribution in [2.24, 2.45) is 0 Å². The summed E-state index contributed by atoms with van der Waals surface area (Å²) in [6, 6.07) is 4.03. The standard InChI is InChI=1S/C21H24N4O3/c1-6-12-16-15(9-22-20(12)28-21(26)27-11(4)5)23-13-7-8-14-18(17(13)16)25-19(24-14)10(2)3/h7-11,23H,6H2,1-5H3,(H,24,25). The average molecular weight is 380 g/mol. The topological polar surface area (TPSA) is 92.9 Å². The predicted molar refractivity (Wildman–Crippen MR) is 109 cm³/mol. The fourth-order valence-electron chi connectivity index (χ4n) is 3.51. The maximum Gasteiger partial charge on any atom is 0.515 e. The fourth-order valence-corrected chi connectivity index (χ4v) is 3.51. The van der Waals surface area contributed by atoms with Gasteiger partial charge in [-0.05, 0) is 32.4 Å². The van der Waals surface area contributed by atoms with Crippen molar-refractivity contribution in [2.75, 3.05) is 0 Å². The summed E-state index contributed by atoms with van der Waals surface area (Å²) in [5, 5.41) is 2.03. The number of rotatable bonds is 4. The zero-order valence-electron chi connectivity index (χ0n) is 16.7. The van der Waals surface area contributed by atoms with E-state index in [-0.39, 0.29) is 12.0 Å². The van der Waals surface area contributed by atoms with Gasteiger partial charge in [-0.15, -0.1) is 0 Å². The third-order valence-electron chi connectivity index (χ3n) is 4.75. The maximum atomic E-state index is 12.0. The highest BCUT2D eigenvalue weighted by Gasteiger charge is 2.20. The van der Waals surface area contributed by atoms with Crippen LogP contribution in [0.4, 0.5) is 4.79 Å². The Morgan fingerprint density at radius 1 is 1.11 bits per heavy atom. The Bertz CT molecular complexity index is 1190. The number of fused-ring (bicyclic) bond motifs is 5. The zero-order chi connectivity index (χ0) is 20.0. The maximum absolute atomic E-state index is 12.0. The van der Waals surface area contributed by atoms with Crippen LogP contribution in [0, 0.1) is 0 Å². The first kappa shape index (κ1) is 18.3. The van der Waals surface area contributed by atoms with Crippen LogP contribution in [0.1, 0.15) is 51.9 Å². The quantitative estimate of drug-likeness (QED) is 0.475. The van der Waals surface area contributed by atoms with Crippen LogP contribution in [-0.2, 0) is 11.2 Å². The van der Waals surface area contributed by atoms with Crippen LogP contribution < -0.4 is 4.74 Å². The lowest BCUT2D eigenvalue weighted by atomic mass is 10.1. The summed E-state index contributed by atoms with van der Waals surface area (Å²) in [5.41, 5.74) is 4.63. The number of carbonyl (C=O) groups is 1. The van der Waals surface area contributed by atoms with Crippen molar-refractivity contribution in [3.8, 4) is 5.88 Å². The molecule has 146 valence electrons. The van der Waals surface area contributed by atoms with Crippen LogP contribution in [0.25, 0.3) is 32.8 Å². The second kappa shape index (κ2) is 6.82. The van der Waals surface area contributed by atoms with E-state index < -0.39 is 6.16 Å². The Labute approximate surface area is 162 Å². The molecule has 3 aromatic heterocycles. The molecule has 0 saturated heterocycles. The number of nitrogens with one attached hydrogen (secondary N) is 2. The van der Waals surface area contributed by atoms with E-state index in [9.17, 15) is 4.79 Å². The van der Waals surface area contributed by atoms with Crippen LogP contribution in [0.15, 0.2) is 18.3 Å². The third kappa shape index (κ3) is 2.96. The molecule has 0 saturated carbocycles. The molecule has 0 unspecified atom stereocenters. The van der Waals surface area contributed by atoms with E-state index >= 15 is 0 Å². The number of benzene rings is 1. The molecule has 0 fully saturated rings. The molecule has 0 aliphatic rings. The molecule has 0 spiro atoms. The lowest BCUT2D eigenvalue weighted by molar-refractivity contribution is 0.0713. The number of imidazole rings is 1. The van der Waals surface area contributed by atoms with Gasteiger partial charge in [0.25, 0.3) is 0 Å². The summed E-state index contributed by atoms with van der Waals surface area (Å²) in [4.78, 5) is 28.0. The Morgan fingerprint density at radius 3 is 2.57 bits per heavy atom. The molecule has 0 atom stereocenters. The van der Waals surface area contributed by atoms with Crippen molar-refractivity contribution in [1.29, 1.82) is 0 Å². The van der Waals surface area contributed by atoms with Crippen molar-refractivity contribution in [1.82, 2.24) is 19.9 Å². The minimum Gasteiger partial charge on any atom is -0.431 e. The number of aromatic amines is 2. The van der Waals surface area contributed by atoms with Gasteiger partial charge in [-0.3, -0.25) is 0 Å². The zero-order valence-corrected chi connectivity index (χ0v) is 16.7. The van der Waals surface area contributed by atoms with Gasteiger partial charge in [0.05, 0.1) is 28.9 Å². The molecule has 7 heteroatoms. The monoisotopic (exact) mass is 380 g/mol. The number of carbonyl (C=O) groups excluding carboxylic acids is 1. The lowest BCUT2D eigenvalue weighted by Gasteiger charge is -2.11. The highest BCUT2D eigenvalue weighted by Crippen LogP contribution is 2.36. The van der Waals surface area contributed by atoms with Crippen LogP contribution in [0.2, 0.25) is 0 Å². The van der Waals surface area contributed by atoms with Gasteiger partial charge >= 0.3 is 6.16 Å². The number of pyridine rings is 1. The highest BCUT2D eigenvalue weighted by atomic mass is 16.7. The molecule has 2 N–H and O–H groups in total. The van der Waals surface area contributed by atoms with Crippen molar-refractivity contribution in [3.63, 3.8) is 0 Å². The molecule has 0 bridgehead atoms. The minimum absolute atomic E-state index is 0.256. The lowest BCUT2D eigenvalue weighted by Crippen LogP contribution is -2.17. The summed E-state index contributed by atoms with van der Waals surface area (Å²) in [5.74, 6) is 1.52. The third-order valence-corrected chi connectivity index (χ3v) is 4.75. The molecule has 3 heterocycles. The van der Waals surface area contributed by atoms with Gasteiger partial charge < -0.3 is 19.4 Å². The van der Waals surface area contributed by atoms with Crippen LogP contribution in [0.5, 0.6) is 5.88 Å². The largest absolute Gasteiger partial charge is 0.515 e. The summed E-state index contributed by atoms with van der Waals surface area (Å²) >= 11 is 0. The Balaban J connectivity index is 1.96. The second-order valence-corrected chi connectivity index (χ2v) is 7.49. The molecule has 0 aliphatic heterocycles. The molecule has 28 heavy (non-hydrogen) atoms. The van der Waals surface area contributed by atoms with Crippen LogP contribution in [0.3, 0.4) is 0 Å². The van der Waals surface area contributed by atoms with Gasteiger partial charge in [-0.25, -0.2) is 14.8 Å². The van der Waals surface area contributed by atoms with Crippen molar-refractivity contribution in [2.45, 2.75) is 53.1 Å². The van der Waals surface area contributed by atoms with E-state index in [1.54, 1.807) is 20.0 Å². The Hall–Kier alpha value is -3.09. The van der Waals surface area contributed by atoms with E-state index in [2.05, 4.69) is 28.8 Å². The summed E-state index contributed by atoms with van der Waals surface area (Å²) in [6.45, 7) is 9.79. The number of hydrogen-bond acceptors (Lipinski definition) is 5.